The Labute approximate surface area is 121 Å². The van der Waals surface area contributed by atoms with Crippen LogP contribution in [0.1, 0.15) is 25.0 Å². The van der Waals surface area contributed by atoms with Gasteiger partial charge in [-0.3, -0.25) is 0 Å². The van der Waals surface area contributed by atoms with Crippen LogP contribution in [-0.4, -0.2) is 42.5 Å². The van der Waals surface area contributed by atoms with Crippen LogP contribution in [0.5, 0.6) is 0 Å². The van der Waals surface area contributed by atoms with E-state index in [2.05, 4.69) is 20.8 Å². The molecule has 0 unspecified atom stereocenters. The number of nitrogens with zero attached hydrogens (tertiary/aromatic N) is 2. The number of piperidine rings is 1. The zero-order chi connectivity index (χ0) is 15.1. The Bertz CT molecular complexity index is 418. The van der Waals surface area contributed by atoms with Crippen molar-refractivity contribution in [3.05, 3.63) is 17.8 Å². The molecule has 0 aliphatic carbocycles. The van der Waals surface area contributed by atoms with Gasteiger partial charge in [0, 0.05) is 13.2 Å². The maximum absolute atomic E-state index is 12.3. The summed E-state index contributed by atoms with van der Waals surface area (Å²) in [6, 6.07) is 2.20. The highest BCUT2D eigenvalue weighted by Gasteiger charge is 2.32. The van der Waals surface area contributed by atoms with Gasteiger partial charge >= 0.3 is 6.18 Å². The zero-order valence-corrected chi connectivity index (χ0v) is 11.6. The number of hydrogen-bond acceptors (Lipinski definition) is 5. The molecule has 1 aliphatic rings. The lowest BCUT2D eigenvalue weighted by molar-refractivity contribution is -0.141. The van der Waals surface area contributed by atoms with Crippen molar-refractivity contribution in [2.24, 2.45) is 0 Å². The molecule has 2 N–H and O–H groups in total. The van der Waals surface area contributed by atoms with Crippen molar-refractivity contribution in [1.29, 1.82) is 0 Å². The van der Waals surface area contributed by atoms with Gasteiger partial charge in [0.2, 0.25) is 0 Å². The van der Waals surface area contributed by atoms with E-state index < -0.39 is 11.9 Å². The minimum atomic E-state index is -4.45. The standard InChI is InChI=1S/C13H19F3N4O/c14-13(15,16)11-2-3-12(20-19-11)18-6-1-9-21-10-4-7-17-8-5-10/h2-3,10,17H,1,4-9H2,(H,18,20). The van der Waals surface area contributed by atoms with Crippen molar-refractivity contribution in [2.75, 3.05) is 31.6 Å². The molecule has 1 fully saturated rings. The summed E-state index contributed by atoms with van der Waals surface area (Å²) in [5, 5.41) is 12.8. The van der Waals surface area contributed by atoms with Crippen LogP contribution in [-0.2, 0) is 10.9 Å². The molecule has 2 rings (SSSR count). The Kier molecular flexibility index (Phi) is 5.75. The highest BCUT2D eigenvalue weighted by molar-refractivity contribution is 5.33. The van der Waals surface area contributed by atoms with Crippen LogP contribution >= 0.6 is 0 Å². The summed E-state index contributed by atoms with van der Waals surface area (Å²) in [6.45, 7) is 3.20. The van der Waals surface area contributed by atoms with Gasteiger partial charge in [0.1, 0.15) is 5.82 Å². The lowest BCUT2D eigenvalue weighted by atomic mass is 10.1. The molecule has 2 heterocycles. The second-order valence-electron chi connectivity index (χ2n) is 4.90. The predicted molar refractivity (Wildman–Crippen MR) is 72.0 cm³/mol. The molecule has 0 spiro atoms. The Morgan fingerprint density at radius 1 is 1.24 bits per heavy atom. The first-order valence-corrected chi connectivity index (χ1v) is 7.03. The fourth-order valence-electron chi connectivity index (χ4n) is 2.08. The molecule has 0 bridgehead atoms. The molecule has 0 aromatic carbocycles. The SMILES string of the molecule is FC(F)(F)c1ccc(NCCCOC2CCNCC2)nn1. The minimum Gasteiger partial charge on any atom is -0.378 e. The van der Waals surface area contributed by atoms with E-state index in [1.54, 1.807) is 0 Å². The molecular formula is C13H19F3N4O. The quantitative estimate of drug-likeness (QED) is 0.788. The fraction of sp³-hybridized carbons (Fsp3) is 0.692. The third-order valence-corrected chi connectivity index (χ3v) is 3.22. The number of anilines is 1. The van der Waals surface area contributed by atoms with Gasteiger partial charge in [-0.25, -0.2) is 0 Å². The Morgan fingerprint density at radius 2 is 2.00 bits per heavy atom. The molecule has 5 nitrogen and oxygen atoms in total. The Balaban J connectivity index is 1.62. The van der Waals surface area contributed by atoms with Crippen LogP contribution < -0.4 is 10.6 Å². The summed E-state index contributed by atoms with van der Waals surface area (Å²) in [5.74, 6) is 0.338. The zero-order valence-electron chi connectivity index (χ0n) is 11.6. The van der Waals surface area contributed by atoms with Crippen molar-refractivity contribution in [3.8, 4) is 0 Å². The number of hydrogen-bond donors (Lipinski definition) is 2. The largest absolute Gasteiger partial charge is 0.435 e. The molecule has 1 aromatic rings. The van der Waals surface area contributed by atoms with Gasteiger partial charge in [0.25, 0.3) is 0 Å². The monoisotopic (exact) mass is 304 g/mol. The van der Waals surface area contributed by atoms with Crippen molar-refractivity contribution in [2.45, 2.75) is 31.5 Å². The predicted octanol–water partition coefficient (Wildman–Crippen LogP) is 2.07. The molecule has 0 saturated carbocycles. The van der Waals surface area contributed by atoms with Crippen LogP contribution in [0.15, 0.2) is 12.1 Å². The fourth-order valence-corrected chi connectivity index (χ4v) is 2.08. The maximum atomic E-state index is 12.3. The number of ether oxygens (including phenoxy) is 1. The van der Waals surface area contributed by atoms with E-state index in [0.717, 1.165) is 38.4 Å². The number of rotatable bonds is 6. The first-order valence-electron chi connectivity index (χ1n) is 7.03. The van der Waals surface area contributed by atoms with Crippen LogP contribution in [0.2, 0.25) is 0 Å². The van der Waals surface area contributed by atoms with Crippen LogP contribution in [0.25, 0.3) is 0 Å². The average Bonchev–Trinajstić information content (AvgIpc) is 2.47. The van der Waals surface area contributed by atoms with Gasteiger partial charge in [0.15, 0.2) is 5.69 Å². The second-order valence-corrected chi connectivity index (χ2v) is 4.90. The van der Waals surface area contributed by atoms with E-state index in [1.807, 2.05) is 0 Å². The van der Waals surface area contributed by atoms with E-state index in [9.17, 15) is 13.2 Å². The highest BCUT2D eigenvalue weighted by atomic mass is 19.4. The molecule has 0 atom stereocenters. The van der Waals surface area contributed by atoms with Crippen molar-refractivity contribution in [1.82, 2.24) is 15.5 Å². The molecule has 1 saturated heterocycles. The summed E-state index contributed by atoms with van der Waals surface area (Å²) >= 11 is 0. The van der Waals surface area contributed by atoms with Crippen molar-refractivity contribution in [3.63, 3.8) is 0 Å². The van der Waals surface area contributed by atoms with E-state index in [0.29, 0.717) is 25.1 Å². The number of alkyl halides is 3. The molecule has 0 amide bonds. The molecule has 1 aliphatic heterocycles. The van der Waals surface area contributed by atoms with E-state index >= 15 is 0 Å². The first kappa shape index (κ1) is 16.0. The van der Waals surface area contributed by atoms with Crippen LogP contribution in [0.4, 0.5) is 19.0 Å². The molecule has 118 valence electrons. The van der Waals surface area contributed by atoms with Gasteiger partial charge in [-0.15, -0.1) is 10.2 Å². The van der Waals surface area contributed by atoms with Crippen molar-refractivity contribution < 1.29 is 17.9 Å². The normalized spacial score (nSPS) is 16.9. The van der Waals surface area contributed by atoms with Crippen molar-refractivity contribution >= 4 is 5.82 Å². The van der Waals surface area contributed by atoms with E-state index in [4.69, 9.17) is 4.74 Å². The number of aromatic nitrogens is 2. The lowest BCUT2D eigenvalue weighted by Gasteiger charge is -2.22. The second kappa shape index (κ2) is 7.56. The van der Waals surface area contributed by atoms with Gasteiger partial charge in [-0.1, -0.05) is 0 Å². The number of halogens is 3. The molecular weight excluding hydrogens is 285 g/mol. The van der Waals surface area contributed by atoms with Gasteiger partial charge in [-0.05, 0) is 44.5 Å². The van der Waals surface area contributed by atoms with E-state index in [1.165, 1.54) is 6.07 Å². The van der Waals surface area contributed by atoms with Crippen LogP contribution in [0, 0.1) is 0 Å². The number of nitrogens with one attached hydrogen (secondary N) is 2. The summed E-state index contributed by atoms with van der Waals surface area (Å²) in [6.07, 6.45) is -1.31. The van der Waals surface area contributed by atoms with Gasteiger partial charge < -0.3 is 15.4 Å². The topological polar surface area (TPSA) is 59.1 Å². The van der Waals surface area contributed by atoms with Crippen LogP contribution in [0.3, 0.4) is 0 Å². The third kappa shape index (κ3) is 5.47. The average molecular weight is 304 g/mol. The summed E-state index contributed by atoms with van der Waals surface area (Å²) in [5.41, 5.74) is -0.984. The van der Waals surface area contributed by atoms with Gasteiger partial charge in [-0.2, -0.15) is 13.2 Å². The first-order chi connectivity index (χ1) is 10.1. The minimum absolute atomic E-state index is 0.317. The molecule has 8 heteroatoms. The summed E-state index contributed by atoms with van der Waals surface area (Å²) in [4.78, 5) is 0. The molecule has 21 heavy (non-hydrogen) atoms. The highest BCUT2D eigenvalue weighted by Crippen LogP contribution is 2.26. The smallest absolute Gasteiger partial charge is 0.378 e. The Hall–Kier alpha value is -1.41. The Morgan fingerprint density at radius 3 is 2.62 bits per heavy atom. The molecule has 0 radical (unpaired) electrons. The summed E-state index contributed by atoms with van der Waals surface area (Å²) in [7, 11) is 0. The molecule has 1 aromatic heterocycles. The third-order valence-electron chi connectivity index (χ3n) is 3.22. The maximum Gasteiger partial charge on any atom is 0.435 e. The van der Waals surface area contributed by atoms with E-state index in [-0.39, 0.29) is 0 Å². The van der Waals surface area contributed by atoms with Gasteiger partial charge in [0.05, 0.1) is 6.10 Å². The lowest BCUT2D eigenvalue weighted by Crippen LogP contribution is -2.32. The summed E-state index contributed by atoms with van der Waals surface area (Å²) < 4.78 is 42.6.